The van der Waals surface area contributed by atoms with Crippen molar-refractivity contribution in [2.75, 3.05) is 0 Å². The topological polar surface area (TPSA) is 0 Å². The highest BCUT2D eigenvalue weighted by molar-refractivity contribution is 5.27. The molecule has 0 aromatic carbocycles. The predicted molar refractivity (Wildman–Crippen MR) is 64.0 cm³/mol. The maximum Gasteiger partial charge on any atom is -0.0348 e. The van der Waals surface area contributed by atoms with Crippen LogP contribution in [-0.2, 0) is 0 Å². The molecule has 0 atom stereocenters. The number of rotatable bonds is 3. The molecule has 0 nitrogen and oxygen atoms in total. The van der Waals surface area contributed by atoms with Crippen molar-refractivity contribution in [2.45, 2.75) is 48.0 Å². The van der Waals surface area contributed by atoms with Gasteiger partial charge in [0, 0.05) is 0 Å². The van der Waals surface area contributed by atoms with Gasteiger partial charge < -0.3 is 0 Å². The van der Waals surface area contributed by atoms with E-state index in [2.05, 4.69) is 39.5 Å². The van der Waals surface area contributed by atoms with E-state index < -0.39 is 0 Å². The number of hydrogen-bond donors (Lipinski definition) is 0. The third-order valence-electron chi connectivity index (χ3n) is 1.51. The van der Waals surface area contributed by atoms with Gasteiger partial charge in [0.1, 0.15) is 0 Å². The van der Waals surface area contributed by atoms with Gasteiger partial charge >= 0.3 is 0 Å². The molecule has 0 bridgehead atoms. The van der Waals surface area contributed by atoms with E-state index in [1.807, 2.05) is 20.8 Å². The zero-order valence-electron chi connectivity index (χ0n) is 10.1. The second kappa shape index (κ2) is 9.31. The molecule has 0 aromatic heterocycles. The number of allylic oxidation sites excluding steroid dienone is 5. The van der Waals surface area contributed by atoms with E-state index in [0.29, 0.717) is 0 Å². The van der Waals surface area contributed by atoms with Crippen molar-refractivity contribution in [3.63, 3.8) is 0 Å². The van der Waals surface area contributed by atoms with E-state index in [1.165, 1.54) is 11.1 Å². The molecule has 0 saturated heterocycles. The molecule has 0 aliphatic rings. The van der Waals surface area contributed by atoms with Gasteiger partial charge in [0.05, 0.1) is 0 Å². The second-order valence-electron chi connectivity index (χ2n) is 3.08. The molecule has 0 spiro atoms. The Hall–Kier alpha value is -0.780. The summed E-state index contributed by atoms with van der Waals surface area (Å²) in [6.07, 6.45) is 5.43. The molecule has 0 saturated carbocycles. The van der Waals surface area contributed by atoms with Crippen molar-refractivity contribution < 1.29 is 0 Å². The lowest BCUT2D eigenvalue weighted by molar-refractivity contribution is 1.09. The molecule has 0 heteroatoms. The van der Waals surface area contributed by atoms with E-state index in [1.54, 1.807) is 0 Å². The van der Waals surface area contributed by atoms with Crippen molar-refractivity contribution in [1.29, 1.82) is 0 Å². The fourth-order valence-corrected chi connectivity index (χ4v) is 0.921. The van der Waals surface area contributed by atoms with Crippen LogP contribution in [0.25, 0.3) is 0 Å². The Morgan fingerprint density at radius 2 is 1.54 bits per heavy atom. The molecule has 76 valence electrons. The fraction of sp³-hybridized carbons (Fsp3) is 0.538. The first-order valence-corrected chi connectivity index (χ1v) is 5.07. The van der Waals surface area contributed by atoms with Crippen molar-refractivity contribution in [1.82, 2.24) is 0 Å². The summed E-state index contributed by atoms with van der Waals surface area (Å²) in [7, 11) is 0. The highest BCUT2D eigenvalue weighted by Gasteiger charge is 1.85. The summed E-state index contributed by atoms with van der Waals surface area (Å²) < 4.78 is 0. The van der Waals surface area contributed by atoms with Crippen molar-refractivity contribution >= 4 is 0 Å². The van der Waals surface area contributed by atoms with Crippen molar-refractivity contribution in [3.05, 3.63) is 35.5 Å². The zero-order valence-corrected chi connectivity index (χ0v) is 10.1. The molecule has 0 rings (SSSR count). The summed E-state index contributed by atoms with van der Waals surface area (Å²) in [6, 6.07) is 0. The SMILES string of the molecule is C=C(C)/C=C(C)\C=C(/C)CC.CC. The first kappa shape index (κ1) is 14.7. The van der Waals surface area contributed by atoms with E-state index in [9.17, 15) is 0 Å². The van der Waals surface area contributed by atoms with E-state index in [-0.39, 0.29) is 0 Å². The average Bonchev–Trinajstić information content (AvgIpc) is 2.06. The third kappa shape index (κ3) is 11.2. The van der Waals surface area contributed by atoms with Crippen LogP contribution in [0.3, 0.4) is 0 Å². The molecule has 0 radical (unpaired) electrons. The van der Waals surface area contributed by atoms with Crippen LogP contribution >= 0.6 is 0 Å². The van der Waals surface area contributed by atoms with Crippen LogP contribution in [0.4, 0.5) is 0 Å². The van der Waals surface area contributed by atoms with Gasteiger partial charge in [-0.05, 0) is 27.2 Å². The molecule has 0 fully saturated rings. The first-order valence-electron chi connectivity index (χ1n) is 5.07. The van der Waals surface area contributed by atoms with Crippen molar-refractivity contribution in [3.8, 4) is 0 Å². The van der Waals surface area contributed by atoms with E-state index in [4.69, 9.17) is 0 Å². The fourth-order valence-electron chi connectivity index (χ4n) is 0.921. The van der Waals surface area contributed by atoms with Crippen LogP contribution in [0.5, 0.6) is 0 Å². The lowest BCUT2D eigenvalue weighted by Gasteiger charge is -1.96. The minimum absolute atomic E-state index is 1.11. The monoisotopic (exact) mass is 180 g/mol. The van der Waals surface area contributed by atoms with Gasteiger partial charge in [-0.3, -0.25) is 0 Å². The van der Waals surface area contributed by atoms with Crippen LogP contribution < -0.4 is 0 Å². The predicted octanol–water partition coefficient (Wildman–Crippen LogP) is 4.89. The third-order valence-corrected chi connectivity index (χ3v) is 1.51. The average molecular weight is 180 g/mol. The Kier molecular flexibility index (Phi) is 10.5. The molecule has 0 unspecified atom stereocenters. The van der Waals surface area contributed by atoms with Gasteiger partial charge in [-0.2, -0.15) is 0 Å². The van der Waals surface area contributed by atoms with Crippen molar-refractivity contribution in [2.24, 2.45) is 0 Å². The molecule has 0 aliphatic carbocycles. The number of hydrogen-bond acceptors (Lipinski definition) is 0. The minimum atomic E-state index is 1.11. The molecule has 0 aliphatic heterocycles. The summed E-state index contributed by atoms with van der Waals surface area (Å²) in [5.41, 5.74) is 3.82. The Labute approximate surface area is 84.1 Å². The molecule has 13 heavy (non-hydrogen) atoms. The maximum absolute atomic E-state index is 3.82. The largest absolute Gasteiger partial charge is 0.0961 e. The van der Waals surface area contributed by atoms with E-state index in [0.717, 1.165) is 12.0 Å². The summed E-state index contributed by atoms with van der Waals surface area (Å²) in [6.45, 7) is 16.3. The summed E-state index contributed by atoms with van der Waals surface area (Å²) in [5.74, 6) is 0. The molecule has 0 N–H and O–H groups in total. The summed E-state index contributed by atoms with van der Waals surface area (Å²) >= 11 is 0. The molecule has 0 aromatic rings. The van der Waals surface area contributed by atoms with Crippen LogP contribution in [0.1, 0.15) is 48.0 Å². The van der Waals surface area contributed by atoms with Gasteiger partial charge in [-0.15, -0.1) is 0 Å². The van der Waals surface area contributed by atoms with Gasteiger partial charge in [0.15, 0.2) is 0 Å². The summed E-state index contributed by atoms with van der Waals surface area (Å²) in [4.78, 5) is 0. The normalized spacial score (nSPS) is 11.8. The van der Waals surface area contributed by atoms with Crippen LogP contribution in [0.15, 0.2) is 35.5 Å². The molecular formula is C13H24. The lowest BCUT2D eigenvalue weighted by atomic mass is 10.1. The molecule has 0 amide bonds. The maximum atomic E-state index is 3.82. The Bertz CT molecular complexity index is 192. The van der Waals surface area contributed by atoms with Gasteiger partial charge in [0.2, 0.25) is 0 Å². The highest BCUT2D eigenvalue weighted by Crippen LogP contribution is 2.06. The smallest absolute Gasteiger partial charge is 0.0348 e. The van der Waals surface area contributed by atoms with Crippen LogP contribution in [0, 0.1) is 0 Å². The minimum Gasteiger partial charge on any atom is -0.0961 e. The molecule has 0 heterocycles. The first-order chi connectivity index (χ1) is 6.06. The quantitative estimate of drug-likeness (QED) is 0.542. The zero-order chi connectivity index (χ0) is 10.9. The van der Waals surface area contributed by atoms with Crippen LogP contribution in [0.2, 0.25) is 0 Å². The van der Waals surface area contributed by atoms with Crippen LogP contribution in [-0.4, -0.2) is 0 Å². The second-order valence-corrected chi connectivity index (χ2v) is 3.08. The van der Waals surface area contributed by atoms with E-state index >= 15 is 0 Å². The van der Waals surface area contributed by atoms with Gasteiger partial charge in [-0.25, -0.2) is 0 Å². The Morgan fingerprint density at radius 1 is 1.08 bits per heavy atom. The Morgan fingerprint density at radius 3 is 1.85 bits per heavy atom. The molecular weight excluding hydrogens is 156 g/mol. The Balaban J connectivity index is 0. The lowest BCUT2D eigenvalue weighted by Crippen LogP contribution is -1.75. The highest BCUT2D eigenvalue weighted by atomic mass is 13.9. The van der Waals surface area contributed by atoms with Gasteiger partial charge in [-0.1, -0.05) is 56.2 Å². The summed E-state index contributed by atoms with van der Waals surface area (Å²) in [5, 5.41) is 0. The van der Waals surface area contributed by atoms with Gasteiger partial charge in [0.25, 0.3) is 0 Å². The standard InChI is InChI=1S/C11H18.C2H6/c1-6-10(4)8-11(5)7-9(2)3;1-2/h7-8H,2,6H2,1,3-5H3;1-2H3/b10-8+,11-7-;.